The van der Waals surface area contributed by atoms with Crippen LogP contribution in [-0.2, 0) is 4.79 Å². The van der Waals surface area contributed by atoms with Gasteiger partial charge in [0.05, 0.1) is 0 Å². The summed E-state index contributed by atoms with van der Waals surface area (Å²) in [5, 5.41) is 3.06. The number of aliphatic imine (C=N–C) groups is 1. The molecule has 0 fully saturated rings. The summed E-state index contributed by atoms with van der Waals surface area (Å²) in [6.07, 6.45) is 3.88. The van der Waals surface area contributed by atoms with Crippen molar-refractivity contribution in [2.75, 3.05) is 6.54 Å². The van der Waals surface area contributed by atoms with E-state index in [1.54, 1.807) is 12.1 Å². The van der Waals surface area contributed by atoms with Gasteiger partial charge in [0.25, 0.3) is 5.91 Å². The van der Waals surface area contributed by atoms with E-state index in [2.05, 4.69) is 10.3 Å². The number of amides is 1. The maximum absolute atomic E-state index is 11.5. The number of hydrogen-bond acceptors (Lipinski definition) is 2. The Bertz CT molecular complexity index is 469. The van der Waals surface area contributed by atoms with Gasteiger partial charge in [0.15, 0.2) is 5.96 Å². The zero-order valence-electron chi connectivity index (χ0n) is 10.2. The van der Waals surface area contributed by atoms with Crippen molar-refractivity contribution in [2.24, 2.45) is 10.7 Å². The van der Waals surface area contributed by atoms with E-state index >= 15 is 0 Å². The van der Waals surface area contributed by atoms with Crippen LogP contribution in [0.2, 0.25) is 5.02 Å². The quantitative estimate of drug-likeness (QED) is 0.498. The molecule has 1 rings (SSSR count). The number of nitrogens with one attached hydrogen (secondary N) is 1. The average Bonchev–Trinajstić information content (AvgIpc) is 2.35. The fourth-order valence-electron chi connectivity index (χ4n) is 1.22. The summed E-state index contributed by atoms with van der Waals surface area (Å²) >= 11 is 5.95. The van der Waals surface area contributed by atoms with Gasteiger partial charge in [-0.25, -0.2) is 0 Å². The molecule has 5 heteroatoms. The highest BCUT2D eigenvalue weighted by molar-refractivity contribution is 6.32. The van der Waals surface area contributed by atoms with Gasteiger partial charge < -0.3 is 5.73 Å². The topological polar surface area (TPSA) is 67.5 Å². The van der Waals surface area contributed by atoms with Crippen LogP contribution < -0.4 is 11.1 Å². The minimum atomic E-state index is -0.327. The highest BCUT2D eigenvalue weighted by Crippen LogP contribution is 2.15. The van der Waals surface area contributed by atoms with E-state index in [-0.39, 0.29) is 11.9 Å². The lowest BCUT2D eigenvalue weighted by molar-refractivity contribution is -0.115. The summed E-state index contributed by atoms with van der Waals surface area (Å²) in [6, 6.07) is 7.26. The number of guanidine groups is 1. The van der Waals surface area contributed by atoms with Crippen LogP contribution in [0.15, 0.2) is 35.3 Å². The normalized spacial score (nSPS) is 11.8. The molecule has 0 aliphatic rings. The molecule has 0 spiro atoms. The predicted molar refractivity (Wildman–Crippen MR) is 75.4 cm³/mol. The number of benzene rings is 1. The Hall–Kier alpha value is -1.81. The van der Waals surface area contributed by atoms with Gasteiger partial charge in [0.1, 0.15) is 0 Å². The summed E-state index contributed by atoms with van der Waals surface area (Å²) in [6.45, 7) is 2.58. The van der Waals surface area contributed by atoms with Crippen molar-refractivity contribution in [3.05, 3.63) is 40.9 Å². The number of carbonyl (C=O) groups is 1. The zero-order chi connectivity index (χ0) is 13.4. The summed E-state index contributed by atoms with van der Waals surface area (Å²) in [4.78, 5) is 15.5. The molecule has 0 unspecified atom stereocenters. The maximum Gasteiger partial charge on any atom is 0.250 e. The van der Waals surface area contributed by atoms with Gasteiger partial charge in [-0.2, -0.15) is 0 Å². The van der Waals surface area contributed by atoms with Crippen LogP contribution in [0.5, 0.6) is 0 Å². The van der Waals surface area contributed by atoms with Gasteiger partial charge in [0, 0.05) is 17.6 Å². The summed E-state index contributed by atoms with van der Waals surface area (Å²) in [5.41, 5.74) is 6.29. The molecule has 96 valence electrons. The van der Waals surface area contributed by atoms with E-state index in [0.717, 1.165) is 12.0 Å². The smallest absolute Gasteiger partial charge is 0.250 e. The second-order valence-electron chi connectivity index (χ2n) is 3.61. The molecule has 0 saturated heterocycles. The third kappa shape index (κ3) is 5.01. The predicted octanol–water partition coefficient (Wildman–Crippen LogP) is 2.19. The van der Waals surface area contributed by atoms with Crippen molar-refractivity contribution in [1.82, 2.24) is 5.32 Å². The summed E-state index contributed by atoms with van der Waals surface area (Å²) in [7, 11) is 0. The fraction of sp³-hybridized carbons (Fsp3) is 0.231. The van der Waals surface area contributed by atoms with Crippen molar-refractivity contribution in [1.29, 1.82) is 0 Å². The Kier molecular flexibility index (Phi) is 5.94. The molecule has 0 aromatic heterocycles. The average molecular weight is 266 g/mol. The first kappa shape index (κ1) is 14.3. The second-order valence-corrected chi connectivity index (χ2v) is 4.02. The Labute approximate surface area is 112 Å². The molecule has 0 bridgehead atoms. The molecule has 3 N–H and O–H groups in total. The molecule has 0 heterocycles. The van der Waals surface area contributed by atoms with Gasteiger partial charge in [-0.15, -0.1) is 0 Å². The van der Waals surface area contributed by atoms with Crippen molar-refractivity contribution in [2.45, 2.75) is 13.3 Å². The largest absolute Gasteiger partial charge is 0.370 e. The Morgan fingerprint density at radius 3 is 2.89 bits per heavy atom. The van der Waals surface area contributed by atoms with Crippen molar-refractivity contribution < 1.29 is 4.79 Å². The van der Waals surface area contributed by atoms with Gasteiger partial charge in [-0.1, -0.05) is 36.7 Å². The molecule has 0 aliphatic carbocycles. The first-order valence-corrected chi connectivity index (χ1v) is 6.04. The first-order chi connectivity index (χ1) is 8.63. The third-order valence-corrected chi connectivity index (χ3v) is 2.42. The zero-order valence-corrected chi connectivity index (χ0v) is 10.9. The number of nitrogens with zero attached hydrogens (tertiary/aromatic N) is 1. The van der Waals surface area contributed by atoms with Crippen LogP contribution in [0, 0.1) is 0 Å². The number of halogens is 1. The van der Waals surface area contributed by atoms with Crippen LogP contribution in [-0.4, -0.2) is 18.4 Å². The Balaban J connectivity index is 2.58. The van der Waals surface area contributed by atoms with Crippen LogP contribution >= 0.6 is 11.6 Å². The molecular weight excluding hydrogens is 250 g/mol. The molecule has 0 saturated carbocycles. The number of rotatable bonds is 4. The van der Waals surface area contributed by atoms with E-state index in [4.69, 9.17) is 17.3 Å². The summed E-state index contributed by atoms with van der Waals surface area (Å²) in [5.74, 6) is -0.196. The lowest BCUT2D eigenvalue weighted by Gasteiger charge is -2.00. The molecule has 4 nitrogen and oxygen atoms in total. The molecule has 0 atom stereocenters. The van der Waals surface area contributed by atoms with Crippen LogP contribution in [0.1, 0.15) is 18.9 Å². The monoisotopic (exact) mass is 265 g/mol. The van der Waals surface area contributed by atoms with Gasteiger partial charge in [-0.05, 0) is 24.1 Å². The van der Waals surface area contributed by atoms with Crippen LogP contribution in [0.25, 0.3) is 6.08 Å². The van der Waals surface area contributed by atoms with E-state index in [1.807, 2.05) is 25.1 Å². The molecule has 1 aromatic rings. The van der Waals surface area contributed by atoms with Crippen molar-refractivity contribution >= 4 is 29.5 Å². The number of carbonyl (C=O) groups excluding carboxylic acids is 1. The van der Waals surface area contributed by atoms with Gasteiger partial charge in [0.2, 0.25) is 0 Å². The molecule has 18 heavy (non-hydrogen) atoms. The van der Waals surface area contributed by atoms with Gasteiger partial charge >= 0.3 is 0 Å². The molecule has 0 aliphatic heterocycles. The molecule has 0 radical (unpaired) electrons. The third-order valence-electron chi connectivity index (χ3n) is 2.08. The first-order valence-electron chi connectivity index (χ1n) is 5.67. The summed E-state index contributed by atoms with van der Waals surface area (Å²) < 4.78 is 0. The second kappa shape index (κ2) is 7.50. The Morgan fingerprint density at radius 2 is 2.22 bits per heavy atom. The molecule has 1 amide bonds. The standard InChI is InChI=1S/C13H16ClN3O/c1-2-9-16-13(15)17-12(18)8-7-10-5-3-4-6-11(10)14/h3-8H,2,9H2,1H3,(H3,15,16,17,18)/b8-7+. The number of hydrogen-bond donors (Lipinski definition) is 2. The maximum atomic E-state index is 11.5. The van der Waals surface area contributed by atoms with Crippen molar-refractivity contribution in [3.8, 4) is 0 Å². The highest BCUT2D eigenvalue weighted by atomic mass is 35.5. The molecular formula is C13H16ClN3O. The molecule has 1 aromatic carbocycles. The van der Waals surface area contributed by atoms with Crippen LogP contribution in [0.4, 0.5) is 0 Å². The van der Waals surface area contributed by atoms with Crippen LogP contribution in [0.3, 0.4) is 0 Å². The van der Waals surface area contributed by atoms with E-state index in [0.29, 0.717) is 11.6 Å². The Morgan fingerprint density at radius 1 is 1.50 bits per heavy atom. The van der Waals surface area contributed by atoms with E-state index < -0.39 is 0 Å². The SMILES string of the molecule is CCCN=C(N)NC(=O)/C=C/c1ccccc1Cl. The van der Waals surface area contributed by atoms with E-state index in [1.165, 1.54) is 6.08 Å². The minimum absolute atomic E-state index is 0.130. The fourth-order valence-corrected chi connectivity index (χ4v) is 1.41. The lowest BCUT2D eigenvalue weighted by atomic mass is 10.2. The highest BCUT2D eigenvalue weighted by Gasteiger charge is 1.99. The lowest BCUT2D eigenvalue weighted by Crippen LogP contribution is -2.35. The minimum Gasteiger partial charge on any atom is -0.370 e. The number of nitrogens with two attached hydrogens (primary N) is 1. The van der Waals surface area contributed by atoms with Gasteiger partial charge in [-0.3, -0.25) is 15.1 Å². The van der Waals surface area contributed by atoms with Crippen molar-refractivity contribution in [3.63, 3.8) is 0 Å². The van der Waals surface area contributed by atoms with E-state index in [9.17, 15) is 4.79 Å².